The largest absolute Gasteiger partial charge is 0.331 e. The molecule has 0 unspecified atom stereocenters. The van der Waals surface area contributed by atoms with Gasteiger partial charge >= 0.3 is 0 Å². The Morgan fingerprint density at radius 1 is 1.26 bits per heavy atom. The number of para-hydroxylation sites is 1. The van der Waals surface area contributed by atoms with Crippen LogP contribution in [0.1, 0.15) is 10.4 Å². The number of benzene rings is 1. The van der Waals surface area contributed by atoms with Gasteiger partial charge in [-0.25, -0.2) is 4.98 Å². The summed E-state index contributed by atoms with van der Waals surface area (Å²) < 4.78 is 0. The molecule has 0 amide bonds. The second-order valence-corrected chi connectivity index (χ2v) is 6.56. The number of hydrogen-bond acceptors (Lipinski definition) is 5. The maximum absolute atomic E-state index is 12.2. The Bertz CT molecular complexity index is 917. The third-order valence-electron chi connectivity index (χ3n) is 3.37. The van der Waals surface area contributed by atoms with E-state index in [1.165, 1.54) is 11.3 Å². The molecule has 1 aromatic carbocycles. The number of aromatic amines is 1. The molecule has 6 nitrogen and oxygen atoms in total. The smallest absolute Gasteiger partial charge is 0.261 e. The lowest BCUT2D eigenvalue weighted by Crippen LogP contribution is -2.34. The molecule has 4 N–H and O–H groups in total. The summed E-state index contributed by atoms with van der Waals surface area (Å²) in [6.45, 7) is 3.90. The number of hydrogen-bond donors (Lipinski definition) is 4. The van der Waals surface area contributed by atoms with Gasteiger partial charge in [-0.2, -0.15) is 0 Å². The fourth-order valence-corrected chi connectivity index (χ4v) is 3.31. The SMILES string of the molecule is Cc1sc2nc(NNC(=S)Nc3ccccc3)[nH]c(=O)c2c1C. The van der Waals surface area contributed by atoms with E-state index in [4.69, 9.17) is 12.2 Å². The van der Waals surface area contributed by atoms with Gasteiger partial charge in [-0.15, -0.1) is 11.3 Å². The van der Waals surface area contributed by atoms with E-state index in [9.17, 15) is 4.79 Å². The van der Waals surface area contributed by atoms with Crippen LogP contribution in [-0.4, -0.2) is 15.1 Å². The van der Waals surface area contributed by atoms with E-state index in [0.29, 0.717) is 21.3 Å². The Kier molecular flexibility index (Phi) is 4.26. The second-order valence-electron chi connectivity index (χ2n) is 4.95. The first-order valence-corrected chi connectivity index (χ1v) is 8.15. The number of thiocarbonyl (C=S) groups is 1. The number of thiophene rings is 1. The van der Waals surface area contributed by atoms with Crippen LogP contribution < -0.4 is 21.7 Å². The molecule has 118 valence electrons. The Labute approximate surface area is 141 Å². The highest BCUT2D eigenvalue weighted by Gasteiger charge is 2.11. The lowest BCUT2D eigenvalue weighted by atomic mass is 10.2. The maximum atomic E-state index is 12.2. The molecule has 0 radical (unpaired) electrons. The number of nitrogens with zero attached hydrogens (tertiary/aromatic N) is 1. The average Bonchev–Trinajstić information content (AvgIpc) is 2.81. The van der Waals surface area contributed by atoms with Crippen LogP contribution in [0.15, 0.2) is 35.1 Å². The molecule has 8 heteroatoms. The van der Waals surface area contributed by atoms with Crippen molar-refractivity contribution in [2.24, 2.45) is 0 Å². The normalized spacial score (nSPS) is 10.5. The predicted molar refractivity (Wildman–Crippen MR) is 99.1 cm³/mol. The van der Waals surface area contributed by atoms with Crippen molar-refractivity contribution < 1.29 is 0 Å². The first-order chi connectivity index (χ1) is 11.0. The zero-order valence-corrected chi connectivity index (χ0v) is 14.2. The van der Waals surface area contributed by atoms with E-state index in [2.05, 4.69) is 26.1 Å². The summed E-state index contributed by atoms with van der Waals surface area (Å²) in [6, 6.07) is 9.54. The van der Waals surface area contributed by atoms with Gasteiger partial charge in [0.25, 0.3) is 5.56 Å². The molecule has 0 aliphatic heterocycles. The van der Waals surface area contributed by atoms with Crippen LogP contribution in [0, 0.1) is 13.8 Å². The van der Waals surface area contributed by atoms with Crippen molar-refractivity contribution in [3.05, 3.63) is 51.1 Å². The average molecular weight is 345 g/mol. The predicted octanol–water partition coefficient (Wildman–Crippen LogP) is 2.91. The van der Waals surface area contributed by atoms with Crippen LogP contribution in [0.3, 0.4) is 0 Å². The van der Waals surface area contributed by atoms with Crippen LogP contribution in [0.25, 0.3) is 10.2 Å². The minimum Gasteiger partial charge on any atom is -0.331 e. The molecule has 0 bridgehead atoms. The van der Waals surface area contributed by atoms with Gasteiger partial charge in [0.05, 0.1) is 5.39 Å². The quantitative estimate of drug-likeness (QED) is 0.432. The lowest BCUT2D eigenvalue weighted by Gasteiger charge is -2.11. The van der Waals surface area contributed by atoms with Gasteiger partial charge in [0.15, 0.2) is 5.11 Å². The molecule has 0 fully saturated rings. The topological polar surface area (TPSA) is 81.8 Å². The molecule has 3 aromatic rings. The molecule has 0 atom stereocenters. The number of H-pyrrole nitrogens is 1. The molecular formula is C15H15N5OS2. The first-order valence-electron chi connectivity index (χ1n) is 6.92. The number of aromatic nitrogens is 2. The number of fused-ring (bicyclic) bond motifs is 1. The molecular weight excluding hydrogens is 330 g/mol. The van der Waals surface area contributed by atoms with Crippen LogP contribution in [0.5, 0.6) is 0 Å². The van der Waals surface area contributed by atoms with Gasteiger partial charge in [-0.05, 0) is 43.8 Å². The minimum atomic E-state index is -0.164. The highest BCUT2D eigenvalue weighted by Crippen LogP contribution is 2.26. The van der Waals surface area contributed by atoms with Gasteiger partial charge in [0.1, 0.15) is 4.83 Å². The van der Waals surface area contributed by atoms with Crippen molar-refractivity contribution in [1.82, 2.24) is 15.4 Å². The van der Waals surface area contributed by atoms with Crippen LogP contribution in [0.4, 0.5) is 11.6 Å². The van der Waals surface area contributed by atoms with Crippen LogP contribution in [0.2, 0.25) is 0 Å². The molecule has 0 spiro atoms. The van der Waals surface area contributed by atoms with Crippen molar-refractivity contribution in [3.63, 3.8) is 0 Å². The summed E-state index contributed by atoms with van der Waals surface area (Å²) >= 11 is 6.68. The number of anilines is 2. The highest BCUT2D eigenvalue weighted by atomic mass is 32.1. The third kappa shape index (κ3) is 3.33. The molecule has 0 aliphatic carbocycles. The summed E-state index contributed by atoms with van der Waals surface area (Å²) in [5.74, 6) is 0.320. The van der Waals surface area contributed by atoms with Crippen molar-refractivity contribution in [1.29, 1.82) is 0 Å². The first kappa shape index (κ1) is 15.4. The molecule has 23 heavy (non-hydrogen) atoms. The summed E-state index contributed by atoms with van der Waals surface area (Å²) in [5.41, 5.74) is 7.29. The fraction of sp³-hybridized carbons (Fsp3) is 0.133. The summed E-state index contributed by atoms with van der Waals surface area (Å²) in [5, 5.41) is 4.03. The molecule has 3 rings (SSSR count). The van der Waals surface area contributed by atoms with Gasteiger partial charge < -0.3 is 5.32 Å². The summed E-state index contributed by atoms with van der Waals surface area (Å²) in [4.78, 5) is 21.1. The lowest BCUT2D eigenvalue weighted by molar-refractivity contribution is 1.04. The van der Waals surface area contributed by atoms with Crippen molar-refractivity contribution in [2.75, 3.05) is 10.7 Å². The van der Waals surface area contributed by atoms with E-state index in [0.717, 1.165) is 16.1 Å². The molecule has 2 heterocycles. The number of aryl methyl sites for hydroxylation is 2. The summed E-state index contributed by atoms with van der Waals surface area (Å²) in [7, 11) is 0. The van der Waals surface area contributed by atoms with Gasteiger partial charge in [0, 0.05) is 10.6 Å². The Hall–Kier alpha value is -2.45. The van der Waals surface area contributed by atoms with E-state index in [1.54, 1.807) is 0 Å². The third-order valence-corrected chi connectivity index (χ3v) is 4.67. The van der Waals surface area contributed by atoms with Crippen LogP contribution >= 0.6 is 23.6 Å². The zero-order chi connectivity index (χ0) is 16.4. The fourth-order valence-electron chi connectivity index (χ4n) is 2.11. The van der Waals surface area contributed by atoms with Gasteiger partial charge in [-0.1, -0.05) is 18.2 Å². The molecule has 0 aliphatic rings. The van der Waals surface area contributed by atoms with Crippen molar-refractivity contribution >= 4 is 50.5 Å². The van der Waals surface area contributed by atoms with Gasteiger partial charge in [-0.3, -0.25) is 20.6 Å². The maximum Gasteiger partial charge on any atom is 0.261 e. The Morgan fingerprint density at radius 2 is 2.00 bits per heavy atom. The molecule has 0 saturated heterocycles. The van der Waals surface area contributed by atoms with E-state index >= 15 is 0 Å². The summed E-state index contributed by atoms with van der Waals surface area (Å²) in [6.07, 6.45) is 0. The zero-order valence-electron chi connectivity index (χ0n) is 12.6. The van der Waals surface area contributed by atoms with Gasteiger partial charge in [0.2, 0.25) is 5.95 Å². The van der Waals surface area contributed by atoms with Crippen molar-refractivity contribution in [2.45, 2.75) is 13.8 Å². The Balaban J connectivity index is 1.72. The van der Waals surface area contributed by atoms with Crippen LogP contribution in [-0.2, 0) is 0 Å². The number of rotatable bonds is 3. The number of hydrazine groups is 1. The van der Waals surface area contributed by atoms with Crippen molar-refractivity contribution in [3.8, 4) is 0 Å². The standard InChI is InChI=1S/C15H15N5OS2/c1-8-9(2)23-13-11(8)12(21)17-14(18-13)19-20-15(22)16-10-6-4-3-5-7-10/h3-7H,1-2H3,(H2,16,20,22)(H2,17,18,19,21). The highest BCUT2D eigenvalue weighted by molar-refractivity contribution is 7.80. The Morgan fingerprint density at radius 3 is 2.74 bits per heavy atom. The van der Waals surface area contributed by atoms with E-state index in [-0.39, 0.29) is 5.56 Å². The molecule has 0 saturated carbocycles. The minimum absolute atomic E-state index is 0.164. The van der Waals surface area contributed by atoms with E-state index in [1.807, 2.05) is 44.2 Å². The second kappa shape index (κ2) is 6.35. The monoisotopic (exact) mass is 345 g/mol. The van der Waals surface area contributed by atoms with E-state index < -0.39 is 0 Å². The molecule has 2 aromatic heterocycles. The number of nitrogens with one attached hydrogen (secondary N) is 4.